The van der Waals surface area contributed by atoms with Crippen LogP contribution in [0.5, 0.6) is 11.5 Å². The monoisotopic (exact) mass is 391 g/mol. The number of hydrogen-bond acceptors (Lipinski definition) is 5. The van der Waals surface area contributed by atoms with Crippen LogP contribution < -0.4 is 15.0 Å². The van der Waals surface area contributed by atoms with Gasteiger partial charge in [0.15, 0.2) is 11.5 Å². The van der Waals surface area contributed by atoms with Crippen molar-refractivity contribution in [3.8, 4) is 22.9 Å². The van der Waals surface area contributed by atoms with E-state index in [1.807, 2.05) is 49.4 Å². The van der Waals surface area contributed by atoms with Gasteiger partial charge in [0.05, 0.1) is 19.9 Å². The van der Waals surface area contributed by atoms with Gasteiger partial charge in [0.25, 0.3) is 5.56 Å². The van der Waals surface area contributed by atoms with Crippen LogP contribution in [0.25, 0.3) is 11.4 Å². The lowest BCUT2D eigenvalue weighted by Gasteiger charge is -2.28. The van der Waals surface area contributed by atoms with E-state index in [-0.39, 0.29) is 5.56 Å². The van der Waals surface area contributed by atoms with E-state index in [1.54, 1.807) is 14.2 Å². The van der Waals surface area contributed by atoms with Crippen LogP contribution in [0.2, 0.25) is 0 Å². The molecule has 2 heterocycles. The molecule has 0 saturated heterocycles. The third-order valence-electron chi connectivity index (χ3n) is 5.36. The van der Waals surface area contributed by atoms with Crippen LogP contribution in [0, 0.1) is 6.92 Å². The van der Waals surface area contributed by atoms with Crippen molar-refractivity contribution in [2.45, 2.75) is 26.4 Å². The number of aromatic nitrogens is 2. The molecule has 4 rings (SSSR count). The standard InChI is InChI=1S/C23H25N3O3/c1-15-7-9-16(10-8-15)22-24-19-14-26(12-11-18(19)23(27)25-22)13-17-5-4-6-20(28-2)21(17)29-3/h4-10H,11-14H2,1-3H3,(H,24,25,27). The van der Waals surface area contributed by atoms with Crippen LogP contribution in [0.4, 0.5) is 0 Å². The summed E-state index contributed by atoms with van der Waals surface area (Å²) in [5.74, 6) is 2.09. The summed E-state index contributed by atoms with van der Waals surface area (Å²) in [6.45, 7) is 4.16. The van der Waals surface area contributed by atoms with Crippen LogP contribution in [0.3, 0.4) is 0 Å². The number of methoxy groups -OCH3 is 2. The smallest absolute Gasteiger partial charge is 0.254 e. The minimum absolute atomic E-state index is 0.0378. The maximum absolute atomic E-state index is 12.6. The van der Waals surface area contributed by atoms with Crippen molar-refractivity contribution in [3.05, 3.63) is 75.2 Å². The lowest BCUT2D eigenvalue weighted by molar-refractivity contribution is 0.235. The van der Waals surface area contributed by atoms with Crippen molar-refractivity contribution in [2.75, 3.05) is 20.8 Å². The highest BCUT2D eigenvalue weighted by Gasteiger charge is 2.23. The molecule has 0 aliphatic carbocycles. The fourth-order valence-electron chi connectivity index (χ4n) is 3.80. The third kappa shape index (κ3) is 3.89. The second-order valence-corrected chi connectivity index (χ2v) is 7.32. The molecular weight excluding hydrogens is 366 g/mol. The number of benzene rings is 2. The van der Waals surface area contributed by atoms with E-state index < -0.39 is 0 Å². The topological polar surface area (TPSA) is 67.5 Å². The molecule has 0 amide bonds. The number of rotatable bonds is 5. The van der Waals surface area contributed by atoms with E-state index in [4.69, 9.17) is 14.5 Å². The third-order valence-corrected chi connectivity index (χ3v) is 5.36. The van der Waals surface area contributed by atoms with E-state index in [0.717, 1.165) is 40.4 Å². The zero-order valence-corrected chi connectivity index (χ0v) is 17.0. The quantitative estimate of drug-likeness (QED) is 0.723. The first-order valence-electron chi connectivity index (χ1n) is 9.70. The van der Waals surface area contributed by atoms with Crippen molar-refractivity contribution in [3.63, 3.8) is 0 Å². The van der Waals surface area contributed by atoms with Gasteiger partial charge in [-0.05, 0) is 19.4 Å². The molecule has 1 aromatic heterocycles. The number of nitrogens with one attached hydrogen (secondary N) is 1. The summed E-state index contributed by atoms with van der Waals surface area (Å²) in [5, 5.41) is 0. The van der Waals surface area contributed by atoms with Crippen molar-refractivity contribution < 1.29 is 9.47 Å². The Morgan fingerprint density at radius 1 is 1.10 bits per heavy atom. The lowest BCUT2D eigenvalue weighted by Crippen LogP contribution is -2.35. The predicted molar refractivity (Wildman–Crippen MR) is 112 cm³/mol. The van der Waals surface area contributed by atoms with E-state index in [2.05, 4.69) is 9.88 Å². The number of H-pyrrole nitrogens is 1. The van der Waals surface area contributed by atoms with Crippen LogP contribution in [0.15, 0.2) is 47.3 Å². The van der Waals surface area contributed by atoms with Gasteiger partial charge in [-0.3, -0.25) is 9.69 Å². The highest BCUT2D eigenvalue weighted by atomic mass is 16.5. The molecule has 150 valence electrons. The molecule has 0 fully saturated rings. The molecule has 0 radical (unpaired) electrons. The number of aryl methyl sites for hydroxylation is 1. The minimum atomic E-state index is -0.0378. The molecule has 0 spiro atoms. The molecule has 2 aromatic carbocycles. The highest BCUT2D eigenvalue weighted by Crippen LogP contribution is 2.32. The lowest BCUT2D eigenvalue weighted by atomic mass is 10.0. The Morgan fingerprint density at radius 3 is 2.62 bits per heavy atom. The van der Waals surface area contributed by atoms with Gasteiger partial charge in [0.1, 0.15) is 5.82 Å². The minimum Gasteiger partial charge on any atom is -0.493 e. The summed E-state index contributed by atoms with van der Waals surface area (Å²) in [6, 6.07) is 13.9. The van der Waals surface area contributed by atoms with E-state index in [0.29, 0.717) is 25.3 Å². The van der Waals surface area contributed by atoms with E-state index in [1.165, 1.54) is 5.56 Å². The first kappa shape index (κ1) is 19.2. The fourth-order valence-corrected chi connectivity index (χ4v) is 3.80. The number of nitrogens with zero attached hydrogens (tertiary/aromatic N) is 2. The Balaban J connectivity index is 1.61. The molecule has 0 bridgehead atoms. The summed E-state index contributed by atoms with van der Waals surface area (Å²) in [4.78, 5) is 22.6. The summed E-state index contributed by atoms with van der Waals surface area (Å²) in [6.07, 6.45) is 0.679. The van der Waals surface area contributed by atoms with E-state index in [9.17, 15) is 4.79 Å². The molecule has 0 saturated carbocycles. The summed E-state index contributed by atoms with van der Waals surface area (Å²) < 4.78 is 11.0. The summed E-state index contributed by atoms with van der Waals surface area (Å²) >= 11 is 0. The Labute approximate surface area is 170 Å². The van der Waals surface area contributed by atoms with Gasteiger partial charge in [0.2, 0.25) is 0 Å². The Kier molecular flexibility index (Phi) is 5.36. The SMILES string of the molecule is COc1cccc(CN2CCc3c(nc(-c4ccc(C)cc4)[nH]c3=O)C2)c1OC. The average Bonchev–Trinajstić information content (AvgIpc) is 2.73. The summed E-state index contributed by atoms with van der Waals surface area (Å²) in [7, 11) is 3.30. The Bertz CT molecular complexity index is 1070. The molecular formula is C23H25N3O3. The number of ether oxygens (including phenoxy) is 2. The van der Waals surface area contributed by atoms with Gasteiger partial charge in [-0.25, -0.2) is 4.98 Å². The van der Waals surface area contributed by atoms with Gasteiger partial charge < -0.3 is 14.5 Å². The van der Waals surface area contributed by atoms with Crippen LogP contribution in [0.1, 0.15) is 22.4 Å². The second kappa shape index (κ2) is 8.09. The summed E-state index contributed by atoms with van der Waals surface area (Å²) in [5.41, 5.74) is 4.74. The molecule has 29 heavy (non-hydrogen) atoms. The maximum atomic E-state index is 12.6. The normalized spacial score (nSPS) is 13.8. The Morgan fingerprint density at radius 2 is 1.90 bits per heavy atom. The predicted octanol–water partition coefficient (Wildman–Crippen LogP) is 3.32. The van der Waals surface area contributed by atoms with Crippen LogP contribution >= 0.6 is 0 Å². The van der Waals surface area contributed by atoms with Crippen molar-refractivity contribution in [2.24, 2.45) is 0 Å². The number of para-hydroxylation sites is 1. The molecule has 1 aliphatic heterocycles. The molecule has 3 aromatic rings. The first-order chi connectivity index (χ1) is 14.1. The molecule has 1 N–H and O–H groups in total. The number of fused-ring (bicyclic) bond motifs is 1. The average molecular weight is 391 g/mol. The van der Waals surface area contributed by atoms with Gasteiger partial charge in [0, 0.05) is 36.3 Å². The zero-order chi connectivity index (χ0) is 20.4. The molecule has 0 atom stereocenters. The maximum Gasteiger partial charge on any atom is 0.254 e. The second-order valence-electron chi connectivity index (χ2n) is 7.32. The molecule has 0 unspecified atom stereocenters. The first-order valence-corrected chi connectivity index (χ1v) is 9.70. The fraction of sp³-hybridized carbons (Fsp3) is 0.304. The largest absolute Gasteiger partial charge is 0.493 e. The van der Waals surface area contributed by atoms with Crippen LogP contribution in [-0.2, 0) is 19.5 Å². The van der Waals surface area contributed by atoms with Gasteiger partial charge in [-0.1, -0.05) is 42.0 Å². The van der Waals surface area contributed by atoms with Gasteiger partial charge >= 0.3 is 0 Å². The molecule has 6 nitrogen and oxygen atoms in total. The van der Waals surface area contributed by atoms with Crippen molar-refractivity contribution in [1.29, 1.82) is 0 Å². The number of hydrogen-bond donors (Lipinski definition) is 1. The number of aromatic amines is 1. The van der Waals surface area contributed by atoms with Gasteiger partial charge in [-0.2, -0.15) is 0 Å². The highest BCUT2D eigenvalue weighted by molar-refractivity contribution is 5.55. The molecule has 1 aliphatic rings. The zero-order valence-electron chi connectivity index (χ0n) is 17.0. The van der Waals surface area contributed by atoms with Crippen molar-refractivity contribution in [1.82, 2.24) is 14.9 Å². The van der Waals surface area contributed by atoms with Crippen LogP contribution in [-0.4, -0.2) is 35.6 Å². The Hall–Kier alpha value is -3.12. The van der Waals surface area contributed by atoms with E-state index >= 15 is 0 Å². The van der Waals surface area contributed by atoms with Gasteiger partial charge in [-0.15, -0.1) is 0 Å². The molecule has 6 heteroatoms. The van der Waals surface area contributed by atoms with Crippen molar-refractivity contribution >= 4 is 0 Å².